The Morgan fingerprint density at radius 3 is 2.81 bits per heavy atom. The first-order valence-electron chi connectivity index (χ1n) is 8.43. The van der Waals surface area contributed by atoms with Crippen LogP contribution in [-0.4, -0.2) is 43.7 Å². The van der Waals surface area contributed by atoms with Crippen molar-refractivity contribution in [2.45, 2.75) is 51.1 Å². The number of benzene rings is 1. The lowest BCUT2D eigenvalue weighted by Gasteiger charge is -2.27. The molecule has 3 heteroatoms. The van der Waals surface area contributed by atoms with Gasteiger partial charge in [0, 0.05) is 25.2 Å². The summed E-state index contributed by atoms with van der Waals surface area (Å²) < 4.78 is 5.35. The van der Waals surface area contributed by atoms with E-state index in [0.29, 0.717) is 6.04 Å². The summed E-state index contributed by atoms with van der Waals surface area (Å²) in [7, 11) is 1.75. The SMILES string of the molecule is CCN(CCNC1CCc2ccc(OC)cc2C1)C1CC1. The van der Waals surface area contributed by atoms with Crippen LogP contribution in [0.25, 0.3) is 0 Å². The molecule has 0 amide bonds. The normalized spacial score (nSPS) is 21.4. The van der Waals surface area contributed by atoms with Gasteiger partial charge in [0.05, 0.1) is 7.11 Å². The first kappa shape index (κ1) is 14.9. The quantitative estimate of drug-likeness (QED) is 0.835. The van der Waals surface area contributed by atoms with Crippen molar-refractivity contribution in [3.8, 4) is 5.75 Å². The zero-order valence-electron chi connectivity index (χ0n) is 13.4. The molecule has 1 aromatic rings. The van der Waals surface area contributed by atoms with Crippen LogP contribution in [0.1, 0.15) is 37.3 Å². The highest BCUT2D eigenvalue weighted by Crippen LogP contribution is 2.27. The molecule has 116 valence electrons. The van der Waals surface area contributed by atoms with Crippen LogP contribution in [0.5, 0.6) is 5.75 Å². The van der Waals surface area contributed by atoms with E-state index in [1.807, 2.05) is 0 Å². The van der Waals surface area contributed by atoms with Gasteiger partial charge in [0.1, 0.15) is 5.75 Å². The standard InChI is InChI=1S/C18H28N2O/c1-3-20(17-7-8-17)11-10-19-16-6-4-14-5-9-18(21-2)13-15(14)12-16/h5,9,13,16-17,19H,3-4,6-8,10-12H2,1-2H3. The summed E-state index contributed by atoms with van der Waals surface area (Å²) in [5.41, 5.74) is 2.97. The Bertz CT molecular complexity index is 470. The maximum Gasteiger partial charge on any atom is 0.119 e. The molecule has 0 spiro atoms. The van der Waals surface area contributed by atoms with Gasteiger partial charge in [-0.15, -0.1) is 0 Å². The Balaban J connectivity index is 1.49. The van der Waals surface area contributed by atoms with Gasteiger partial charge in [0.2, 0.25) is 0 Å². The summed E-state index contributed by atoms with van der Waals surface area (Å²) in [6, 6.07) is 8.04. The Kier molecular flexibility index (Phi) is 4.81. The molecule has 1 atom stereocenters. The van der Waals surface area contributed by atoms with E-state index < -0.39 is 0 Å². The molecular formula is C18H28N2O. The monoisotopic (exact) mass is 288 g/mol. The minimum absolute atomic E-state index is 0.627. The highest BCUT2D eigenvalue weighted by atomic mass is 16.5. The van der Waals surface area contributed by atoms with E-state index in [4.69, 9.17) is 4.74 Å². The Morgan fingerprint density at radius 2 is 2.10 bits per heavy atom. The third-order valence-corrected chi connectivity index (χ3v) is 4.94. The molecule has 2 aliphatic rings. The number of likely N-dealkylation sites (N-methyl/N-ethyl adjacent to an activating group) is 1. The van der Waals surface area contributed by atoms with E-state index in [-0.39, 0.29) is 0 Å². The lowest BCUT2D eigenvalue weighted by Crippen LogP contribution is -2.40. The summed E-state index contributed by atoms with van der Waals surface area (Å²) in [5.74, 6) is 0.986. The second-order valence-corrected chi connectivity index (χ2v) is 6.39. The van der Waals surface area contributed by atoms with Crippen molar-refractivity contribution in [3.05, 3.63) is 29.3 Å². The number of nitrogens with one attached hydrogen (secondary N) is 1. The largest absolute Gasteiger partial charge is 0.497 e. The molecule has 0 saturated heterocycles. The number of fused-ring (bicyclic) bond motifs is 1. The van der Waals surface area contributed by atoms with Crippen LogP contribution in [-0.2, 0) is 12.8 Å². The number of nitrogens with zero attached hydrogens (tertiary/aromatic N) is 1. The minimum atomic E-state index is 0.627. The number of rotatable bonds is 7. The van der Waals surface area contributed by atoms with E-state index in [1.165, 1.54) is 49.9 Å². The summed E-state index contributed by atoms with van der Waals surface area (Å²) >= 11 is 0. The van der Waals surface area contributed by atoms with E-state index in [2.05, 4.69) is 35.3 Å². The van der Waals surface area contributed by atoms with Crippen LogP contribution in [0, 0.1) is 0 Å². The van der Waals surface area contributed by atoms with E-state index in [1.54, 1.807) is 7.11 Å². The average molecular weight is 288 g/mol. The Hall–Kier alpha value is -1.06. The van der Waals surface area contributed by atoms with Gasteiger partial charge < -0.3 is 10.1 Å². The van der Waals surface area contributed by atoms with Gasteiger partial charge >= 0.3 is 0 Å². The highest BCUT2D eigenvalue weighted by Gasteiger charge is 2.27. The zero-order chi connectivity index (χ0) is 14.7. The fraction of sp³-hybridized carbons (Fsp3) is 0.667. The van der Waals surface area contributed by atoms with Crippen molar-refractivity contribution < 1.29 is 4.74 Å². The number of aryl methyl sites for hydroxylation is 1. The van der Waals surface area contributed by atoms with Gasteiger partial charge in [-0.2, -0.15) is 0 Å². The number of hydrogen-bond acceptors (Lipinski definition) is 3. The van der Waals surface area contributed by atoms with Crippen LogP contribution < -0.4 is 10.1 Å². The summed E-state index contributed by atoms with van der Waals surface area (Å²) in [5, 5.41) is 3.76. The van der Waals surface area contributed by atoms with E-state index in [0.717, 1.165) is 24.8 Å². The molecule has 1 saturated carbocycles. The maximum atomic E-state index is 5.35. The van der Waals surface area contributed by atoms with Gasteiger partial charge in [-0.1, -0.05) is 13.0 Å². The van der Waals surface area contributed by atoms with Crippen molar-refractivity contribution in [1.29, 1.82) is 0 Å². The molecule has 3 rings (SSSR count). The molecule has 1 aromatic carbocycles. The van der Waals surface area contributed by atoms with Crippen LogP contribution in [0.3, 0.4) is 0 Å². The zero-order valence-corrected chi connectivity index (χ0v) is 13.4. The molecule has 21 heavy (non-hydrogen) atoms. The van der Waals surface area contributed by atoms with Crippen molar-refractivity contribution in [2.24, 2.45) is 0 Å². The molecule has 1 N–H and O–H groups in total. The van der Waals surface area contributed by atoms with Crippen molar-refractivity contribution in [1.82, 2.24) is 10.2 Å². The van der Waals surface area contributed by atoms with Gasteiger partial charge in [-0.3, -0.25) is 4.90 Å². The predicted molar refractivity (Wildman–Crippen MR) is 87.1 cm³/mol. The molecular weight excluding hydrogens is 260 g/mol. The van der Waals surface area contributed by atoms with Gasteiger partial charge in [-0.05, 0) is 61.9 Å². The molecule has 0 aromatic heterocycles. The van der Waals surface area contributed by atoms with Crippen LogP contribution in [0.4, 0.5) is 0 Å². The van der Waals surface area contributed by atoms with Gasteiger partial charge in [-0.25, -0.2) is 0 Å². The number of methoxy groups -OCH3 is 1. The highest BCUT2D eigenvalue weighted by molar-refractivity contribution is 5.37. The first-order chi connectivity index (χ1) is 10.3. The molecule has 1 unspecified atom stereocenters. The molecule has 0 radical (unpaired) electrons. The maximum absolute atomic E-state index is 5.35. The molecule has 3 nitrogen and oxygen atoms in total. The summed E-state index contributed by atoms with van der Waals surface area (Å²) in [4.78, 5) is 2.62. The van der Waals surface area contributed by atoms with Crippen molar-refractivity contribution in [3.63, 3.8) is 0 Å². The van der Waals surface area contributed by atoms with E-state index in [9.17, 15) is 0 Å². The van der Waals surface area contributed by atoms with Crippen molar-refractivity contribution in [2.75, 3.05) is 26.7 Å². The Labute approximate surface area is 128 Å². The second kappa shape index (κ2) is 6.80. The minimum Gasteiger partial charge on any atom is -0.497 e. The van der Waals surface area contributed by atoms with Crippen molar-refractivity contribution >= 4 is 0 Å². The molecule has 0 heterocycles. The van der Waals surface area contributed by atoms with Crippen LogP contribution in [0.2, 0.25) is 0 Å². The first-order valence-corrected chi connectivity index (χ1v) is 8.43. The third kappa shape index (κ3) is 3.78. The predicted octanol–water partition coefficient (Wildman–Crippen LogP) is 2.63. The fourth-order valence-corrected chi connectivity index (χ4v) is 3.49. The third-order valence-electron chi connectivity index (χ3n) is 4.94. The average Bonchev–Trinajstić information content (AvgIpc) is 3.35. The van der Waals surface area contributed by atoms with Gasteiger partial charge in [0.15, 0.2) is 0 Å². The fourth-order valence-electron chi connectivity index (χ4n) is 3.49. The molecule has 2 aliphatic carbocycles. The topological polar surface area (TPSA) is 24.5 Å². The van der Waals surface area contributed by atoms with E-state index >= 15 is 0 Å². The lowest BCUT2D eigenvalue weighted by molar-refractivity contribution is 0.269. The molecule has 0 aliphatic heterocycles. The Morgan fingerprint density at radius 1 is 1.24 bits per heavy atom. The smallest absolute Gasteiger partial charge is 0.119 e. The summed E-state index contributed by atoms with van der Waals surface area (Å²) in [6.07, 6.45) is 6.41. The van der Waals surface area contributed by atoms with Crippen LogP contribution in [0.15, 0.2) is 18.2 Å². The number of hydrogen-bond donors (Lipinski definition) is 1. The van der Waals surface area contributed by atoms with Crippen LogP contribution >= 0.6 is 0 Å². The summed E-state index contributed by atoms with van der Waals surface area (Å²) in [6.45, 7) is 5.79. The lowest BCUT2D eigenvalue weighted by atomic mass is 9.88. The second-order valence-electron chi connectivity index (χ2n) is 6.39. The molecule has 0 bridgehead atoms. The molecule has 1 fully saturated rings. The number of ether oxygens (including phenoxy) is 1. The van der Waals surface area contributed by atoms with Gasteiger partial charge in [0.25, 0.3) is 0 Å².